The Morgan fingerprint density at radius 1 is 1.06 bits per heavy atom. The molecule has 3 N–H and O–H groups in total. The molecule has 0 bridgehead atoms. The number of hydrogen-bond donors (Lipinski definition) is 2. The summed E-state index contributed by atoms with van der Waals surface area (Å²) in [7, 11) is -1.44. The molecule has 0 radical (unpaired) electrons. The van der Waals surface area contributed by atoms with Crippen molar-refractivity contribution in [3.05, 3.63) is 53.9 Å². The molecule has 1 fully saturated rings. The molecule has 16 nitrogen and oxygen atoms in total. The van der Waals surface area contributed by atoms with Gasteiger partial charge >= 0.3 is 25.7 Å². The third-order valence-electron chi connectivity index (χ3n) is 8.46. The van der Waals surface area contributed by atoms with Gasteiger partial charge in [0.05, 0.1) is 18.9 Å². The number of esters is 3. The molecular weight excluding hydrogens is 695 g/mol. The van der Waals surface area contributed by atoms with Gasteiger partial charge in [-0.3, -0.25) is 28.9 Å². The average Bonchev–Trinajstić information content (AvgIpc) is 3.70. The Balaban J connectivity index is 2.10. The van der Waals surface area contributed by atoms with Crippen LogP contribution in [0.25, 0.3) is 0 Å². The number of ether oxygens (including phenoxy) is 4. The molecule has 0 amide bonds. The molecule has 52 heavy (non-hydrogen) atoms. The Morgan fingerprint density at radius 2 is 1.71 bits per heavy atom. The van der Waals surface area contributed by atoms with Gasteiger partial charge in [-0.15, -0.1) is 0 Å². The lowest BCUT2D eigenvalue weighted by molar-refractivity contribution is -0.168. The Morgan fingerprint density at radius 3 is 2.29 bits per heavy atom. The lowest BCUT2D eigenvalue weighted by Crippen LogP contribution is -2.48. The van der Waals surface area contributed by atoms with Crippen LogP contribution in [0.15, 0.2) is 57.6 Å². The lowest BCUT2D eigenvalue weighted by atomic mass is 9.91. The molecule has 2 aromatic rings. The fourth-order valence-corrected chi connectivity index (χ4v) is 6.98. The summed E-state index contributed by atoms with van der Waals surface area (Å²) in [5.41, 5.74) is 4.97. The normalized spacial score (nSPS) is 22.2. The van der Waals surface area contributed by atoms with Crippen LogP contribution in [0.2, 0.25) is 0 Å². The highest BCUT2D eigenvalue weighted by Gasteiger charge is 2.61. The van der Waals surface area contributed by atoms with E-state index in [4.69, 9.17) is 33.7 Å². The predicted octanol–water partition coefficient (Wildman–Crippen LogP) is 4.39. The minimum Gasteiger partial charge on any atom is -0.464 e. The van der Waals surface area contributed by atoms with Crippen LogP contribution in [0.1, 0.15) is 71.7 Å². The molecule has 286 valence electrons. The third kappa shape index (κ3) is 10.1. The molecule has 0 saturated carbocycles. The molecule has 1 aliphatic heterocycles. The summed E-state index contributed by atoms with van der Waals surface area (Å²) in [6, 6.07) is 10.3. The van der Waals surface area contributed by atoms with Gasteiger partial charge in [-0.05, 0) is 37.1 Å². The maximum absolute atomic E-state index is 14.5. The molecular formula is C35H51N6O10P. The molecule has 17 heteroatoms. The molecule has 0 aliphatic carbocycles. The van der Waals surface area contributed by atoms with Crippen molar-refractivity contribution in [1.82, 2.24) is 9.76 Å². The van der Waals surface area contributed by atoms with Crippen LogP contribution in [0.4, 0.5) is 0 Å². The summed E-state index contributed by atoms with van der Waals surface area (Å²) in [4.78, 5) is 47.1. The van der Waals surface area contributed by atoms with Gasteiger partial charge in [0.15, 0.2) is 17.8 Å². The van der Waals surface area contributed by atoms with Crippen LogP contribution in [-0.2, 0) is 48.0 Å². The molecule has 0 unspecified atom stereocenters. The number of para-hydroxylation sites is 1. The molecule has 6 atom stereocenters. The zero-order valence-corrected chi connectivity index (χ0v) is 31.7. The Hall–Kier alpha value is -4.37. The zero-order chi connectivity index (χ0) is 38.5. The van der Waals surface area contributed by atoms with E-state index in [1.807, 2.05) is 13.8 Å². The van der Waals surface area contributed by atoms with E-state index in [9.17, 15) is 18.9 Å². The number of benzene rings is 1. The maximum Gasteiger partial charge on any atom is 0.459 e. The van der Waals surface area contributed by atoms with Crippen molar-refractivity contribution in [2.45, 2.75) is 90.3 Å². The molecule has 1 aromatic heterocycles. The SMILES string of the molecule is C=Nn1c(C(N)=NC)ccc1[C@]1(C=NC)O[C@H](CO[P@@](=O)(N[C@@H](C)C(=O)OCC(CC)CC)Oc2ccccc2)[C@@H](OC(=O)CC)[C@H]1OC(=O)CC. The minimum atomic E-state index is -4.42. The smallest absolute Gasteiger partial charge is 0.459 e. The molecule has 3 rings (SSSR count). The second-order valence-corrected chi connectivity index (χ2v) is 13.6. The number of carbonyl (C=O) groups excluding carboxylic acids is 3. The first-order chi connectivity index (χ1) is 24.8. The molecule has 2 heterocycles. The number of aliphatic imine (C=N–C) groups is 2. The lowest BCUT2D eigenvalue weighted by Gasteiger charge is -2.32. The molecule has 0 spiro atoms. The van der Waals surface area contributed by atoms with Gasteiger partial charge in [-0.1, -0.05) is 58.7 Å². The number of aromatic nitrogens is 1. The van der Waals surface area contributed by atoms with E-state index >= 15 is 0 Å². The van der Waals surface area contributed by atoms with Crippen molar-refractivity contribution in [3.8, 4) is 5.75 Å². The van der Waals surface area contributed by atoms with Gasteiger partial charge in [0.1, 0.15) is 29.4 Å². The summed E-state index contributed by atoms with van der Waals surface area (Å²) in [5, 5.41) is 6.79. The van der Waals surface area contributed by atoms with Gasteiger partial charge in [0.2, 0.25) is 0 Å². The first kappa shape index (κ1) is 42.0. The van der Waals surface area contributed by atoms with Crippen LogP contribution < -0.4 is 15.3 Å². The molecule has 1 aromatic carbocycles. The van der Waals surface area contributed by atoms with Crippen molar-refractivity contribution in [2.24, 2.45) is 26.7 Å². The number of rotatable bonds is 20. The van der Waals surface area contributed by atoms with Crippen LogP contribution >= 0.6 is 7.75 Å². The molecule has 1 aliphatic rings. The number of carbonyl (C=O) groups is 3. The van der Waals surface area contributed by atoms with Crippen molar-refractivity contribution in [2.75, 3.05) is 27.3 Å². The Labute approximate surface area is 304 Å². The summed E-state index contributed by atoms with van der Waals surface area (Å²) in [6.07, 6.45) is -0.987. The Bertz CT molecular complexity index is 1630. The second-order valence-electron chi connectivity index (χ2n) is 11.9. The van der Waals surface area contributed by atoms with Crippen molar-refractivity contribution >= 4 is 44.4 Å². The standard InChI is InChI=1S/C35H51N6O10P/c1-9-24(10-2)20-46-34(44)23(5)40-52(45,51-25-16-14-13-15-17-25)47-21-27-31(48-29(42)11-3)32(49-30(43)12-4)35(50-27,22-37-6)28-19-18-26(33(36)38-7)41(28)39-8/h13-19,22-24,27,31-32H,8-12,20-21H2,1-7H3,(H2,36,38)(H,40,45)/t23-,27+,31+,32+,35-,52-/m0/s1. The van der Waals surface area contributed by atoms with E-state index < -0.39 is 62.2 Å². The third-order valence-corrected chi connectivity index (χ3v) is 10.1. The number of nitrogens with one attached hydrogen (secondary N) is 1. The van der Waals surface area contributed by atoms with E-state index in [0.717, 1.165) is 12.8 Å². The van der Waals surface area contributed by atoms with Crippen molar-refractivity contribution in [3.63, 3.8) is 0 Å². The van der Waals surface area contributed by atoms with E-state index in [1.54, 1.807) is 56.3 Å². The second kappa shape index (κ2) is 19.5. The van der Waals surface area contributed by atoms with Crippen molar-refractivity contribution in [1.29, 1.82) is 0 Å². The highest BCUT2D eigenvalue weighted by atomic mass is 31.2. The fraction of sp³-hybridized carbons (Fsp3) is 0.543. The van der Waals surface area contributed by atoms with E-state index in [2.05, 4.69) is 26.9 Å². The van der Waals surface area contributed by atoms with Gasteiger partial charge in [0, 0.05) is 39.9 Å². The van der Waals surface area contributed by atoms with Crippen LogP contribution in [0.3, 0.4) is 0 Å². The maximum atomic E-state index is 14.5. The van der Waals surface area contributed by atoms with Gasteiger partial charge in [-0.25, -0.2) is 9.24 Å². The largest absolute Gasteiger partial charge is 0.464 e. The highest BCUT2D eigenvalue weighted by molar-refractivity contribution is 7.52. The van der Waals surface area contributed by atoms with Gasteiger partial charge < -0.3 is 29.2 Å². The summed E-state index contributed by atoms with van der Waals surface area (Å²) in [6.45, 7) is 12.0. The predicted molar refractivity (Wildman–Crippen MR) is 196 cm³/mol. The summed E-state index contributed by atoms with van der Waals surface area (Å²) >= 11 is 0. The number of hydrogen-bond acceptors (Lipinski definition) is 13. The Kier molecular flexibility index (Phi) is 15.7. The summed E-state index contributed by atoms with van der Waals surface area (Å²) < 4.78 is 51.6. The summed E-state index contributed by atoms with van der Waals surface area (Å²) in [5.74, 6) is -1.47. The van der Waals surface area contributed by atoms with E-state index in [0.29, 0.717) is 5.69 Å². The zero-order valence-electron chi connectivity index (χ0n) is 30.9. The minimum absolute atomic E-state index is 0.0256. The van der Waals surface area contributed by atoms with Crippen LogP contribution in [0, 0.1) is 5.92 Å². The first-order valence-corrected chi connectivity index (χ1v) is 18.7. The number of nitrogens with zero attached hydrogens (tertiary/aromatic N) is 4. The van der Waals surface area contributed by atoms with Crippen LogP contribution in [-0.4, -0.2) is 93.0 Å². The highest BCUT2D eigenvalue weighted by Crippen LogP contribution is 2.48. The number of nitrogens with two attached hydrogens (primary N) is 1. The van der Waals surface area contributed by atoms with Gasteiger partial charge in [-0.2, -0.15) is 10.2 Å². The number of amidine groups is 1. The first-order valence-electron chi connectivity index (χ1n) is 17.2. The average molecular weight is 747 g/mol. The van der Waals surface area contributed by atoms with Crippen molar-refractivity contribution < 1.29 is 46.9 Å². The fourth-order valence-electron chi connectivity index (χ4n) is 5.48. The van der Waals surface area contributed by atoms with E-state index in [1.165, 1.54) is 31.9 Å². The molecule has 1 saturated heterocycles. The quantitative estimate of drug-likeness (QED) is 0.0637. The van der Waals surface area contributed by atoms with Gasteiger partial charge in [0.25, 0.3) is 0 Å². The van der Waals surface area contributed by atoms with Crippen LogP contribution in [0.5, 0.6) is 5.75 Å². The monoisotopic (exact) mass is 746 g/mol. The topological polar surface area (TPSA) is 204 Å². The van der Waals surface area contributed by atoms with E-state index in [-0.39, 0.29) is 42.6 Å².